The van der Waals surface area contributed by atoms with Crippen molar-refractivity contribution in [3.8, 4) is 0 Å². The van der Waals surface area contributed by atoms with Crippen LogP contribution in [0.2, 0.25) is 0 Å². The molecule has 0 atom stereocenters. The van der Waals surface area contributed by atoms with Crippen LogP contribution in [0.3, 0.4) is 0 Å². The summed E-state index contributed by atoms with van der Waals surface area (Å²) in [5.74, 6) is 2.22. The number of nitrogens with one attached hydrogen (secondary N) is 2. The van der Waals surface area contributed by atoms with Gasteiger partial charge in [0, 0.05) is 12.0 Å². The van der Waals surface area contributed by atoms with Crippen LogP contribution >= 0.6 is 0 Å². The maximum atomic E-state index is 12.3. The second-order valence-corrected chi connectivity index (χ2v) is 7.96. The van der Waals surface area contributed by atoms with Crippen molar-refractivity contribution in [1.29, 1.82) is 0 Å². The minimum absolute atomic E-state index is 0.0452. The van der Waals surface area contributed by atoms with Crippen LogP contribution < -0.4 is 10.9 Å². The number of carbonyl (C=O) groups excluding carboxylic acids is 2. The molecule has 4 heteroatoms. The van der Waals surface area contributed by atoms with Gasteiger partial charge in [0.25, 0.3) is 5.91 Å². The van der Waals surface area contributed by atoms with Gasteiger partial charge in [-0.2, -0.15) is 0 Å². The van der Waals surface area contributed by atoms with E-state index >= 15 is 0 Å². The van der Waals surface area contributed by atoms with Gasteiger partial charge >= 0.3 is 0 Å². The number of hydrogen-bond donors (Lipinski definition) is 2. The number of benzene rings is 1. The van der Waals surface area contributed by atoms with Gasteiger partial charge in [0.15, 0.2) is 0 Å². The first-order valence-corrected chi connectivity index (χ1v) is 8.76. The first kappa shape index (κ1) is 14.7. The van der Waals surface area contributed by atoms with Gasteiger partial charge in [-0.15, -0.1) is 0 Å². The Morgan fingerprint density at radius 1 is 0.913 bits per heavy atom. The fourth-order valence-corrected chi connectivity index (χ4v) is 5.68. The van der Waals surface area contributed by atoms with Crippen LogP contribution in [0.4, 0.5) is 0 Å². The summed E-state index contributed by atoms with van der Waals surface area (Å²) in [6, 6.07) is 8.96. The zero-order valence-electron chi connectivity index (χ0n) is 13.4. The molecular weight excluding hydrogens is 288 g/mol. The lowest BCUT2D eigenvalue weighted by Crippen LogP contribution is -2.50. The molecule has 0 radical (unpaired) electrons. The molecule has 5 rings (SSSR count). The molecule has 1 aromatic carbocycles. The highest BCUT2D eigenvalue weighted by atomic mass is 16.2. The Bertz CT molecular complexity index is 576. The van der Waals surface area contributed by atoms with Gasteiger partial charge in [0.05, 0.1) is 0 Å². The van der Waals surface area contributed by atoms with Crippen molar-refractivity contribution in [3.63, 3.8) is 0 Å². The summed E-state index contributed by atoms with van der Waals surface area (Å²) in [7, 11) is 0. The van der Waals surface area contributed by atoms with E-state index in [2.05, 4.69) is 10.9 Å². The van der Waals surface area contributed by atoms with Gasteiger partial charge in [0.2, 0.25) is 5.91 Å². The largest absolute Gasteiger partial charge is 0.273 e. The predicted molar refractivity (Wildman–Crippen MR) is 87.3 cm³/mol. The molecule has 0 heterocycles. The van der Waals surface area contributed by atoms with E-state index in [1.54, 1.807) is 12.1 Å². The van der Waals surface area contributed by atoms with Crippen molar-refractivity contribution in [2.75, 3.05) is 0 Å². The second kappa shape index (κ2) is 5.66. The average Bonchev–Trinajstić information content (AvgIpc) is 2.51. The van der Waals surface area contributed by atoms with Crippen molar-refractivity contribution >= 4 is 11.8 Å². The Kier molecular flexibility index (Phi) is 3.63. The number of amides is 2. The molecule has 1 aromatic rings. The van der Waals surface area contributed by atoms with Crippen LogP contribution in [-0.4, -0.2) is 11.8 Å². The van der Waals surface area contributed by atoms with Crippen LogP contribution in [0, 0.1) is 23.2 Å². The van der Waals surface area contributed by atoms with Crippen LogP contribution in [0.25, 0.3) is 0 Å². The third-order valence-electron chi connectivity index (χ3n) is 6.05. The van der Waals surface area contributed by atoms with Gasteiger partial charge in [-0.1, -0.05) is 18.2 Å². The summed E-state index contributed by atoms with van der Waals surface area (Å²) >= 11 is 0. The van der Waals surface area contributed by atoms with Crippen molar-refractivity contribution in [1.82, 2.24) is 10.9 Å². The van der Waals surface area contributed by atoms with E-state index < -0.39 is 0 Å². The minimum atomic E-state index is -0.260. The molecule has 4 bridgehead atoms. The molecule has 2 N–H and O–H groups in total. The first-order chi connectivity index (χ1) is 11.1. The number of hydrazine groups is 1. The second-order valence-electron chi connectivity index (χ2n) is 7.96. The molecule has 4 aliphatic rings. The van der Waals surface area contributed by atoms with Crippen LogP contribution in [-0.2, 0) is 4.79 Å². The SMILES string of the molecule is O=C(CC12CC3CC(CC(C3)C1)C2)NNC(=O)c1ccccc1. The Morgan fingerprint density at radius 3 is 2.04 bits per heavy atom. The maximum absolute atomic E-state index is 12.3. The average molecular weight is 312 g/mol. The maximum Gasteiger partial charge on any atom is 0.269 e. The molecule has 0 aromatic heterocycles. The lowest BCUT2D eigenvalue weighted by atomic mass is 9.49. The van der Waals surface area contributed by atoms with E-state index in [1.807, 2.05) is 18.2 Å². The molecule has 4 aliphatic carbocycles. The normalized spacial score (nSPS) is 34.2. The molecule has 4 nitrogen and oxygen atoms in total. The monoisotopic (exact) mass is 312 g/mol. The predicted octanol–water partition coefficient (Wildman–Crippen LogP) is 3.05. The lowest BCUT2D eigenvalue weighted by Gasteiger charge is -2.56. The van der Waals surface area contributed by atoms with E-state index in [9.17, 15) is 9.59 Å². The van der Waals surface area contributed by atoms with Crippen molar-refractivity contribution < 1.29 is 9.59 Å². The summed E-state index contributed by atoms with van der Waals surface area (Å²) in [4.78, 5) is 24.3. The molecular formula is C19H24N2O2. The standard InChI is InChI=1S/C19H24N2O2/c22-17(20-21-18(23)16-4-2-1-3-5-16)12-19-9-13-6-14(10-19)8-15(7-13)11-19/h1-5,13-15H,6-12H2,(H,20,22)(H,21,23). The van der Waals surface area contributed by atoms with Crippen molar-refractivity contribution in [3.05, 3.63) is 35.9 Å². The van der Waals surface area contributed by atoms with Gasteiger partial charge in [-0.25, -0.2) is 0 Å². The van der Waals surface area contributed by atoms with Gasteiger partial charge in [-0.3, -0.25) is 20.4 Å². The summed E-state index contributed by atoms with van der Waals surface area (Å²) in [5.41, 5.74) is 5.92. The third-order valence-corrected chi connectivity index (χ3v) is 6.05. The number of rotatable bonds is 3. The van der Waals surface area contributed by atoms with E-state index in [-0.39, 0.29) is 17.2 Å². The summed E-state index contributed by atoms with van der Waals surface area (Å²) in [5, 5.41) is 0. The molecule has 23 heavy (non-hydrogen) atoms. The molecule has 4 fully saturated rings. The van der Waals surface area contributed by atoms with Gasteiger partial charge < -0.3 is 0 Å². The highest BCUT2D eigenvalue weighted by Crippen LogP contribution is 2.61. The number of carbonyl (C=O) groups is 2. The Balaban J connectivity index is 1.33. The fraction of sp³-hybridized carbons (Fsp3) is 0.579. The minimum Gasteiger partial charge on any atom is -0.273 e. The summed E-state index contributed by atoms with van der Waals surface area (Å²) in [6.45, 7) is 0. The van der Waals surface area contributed by atoms with Crippen molar-refractivity contribution in [2.24, 2.45) is 23.2 Å². The van der Waals surface area contributed by atoms with Gasteiger partial charge in [-0.05, 0) is 73.8 Å². The van der Waals surface area contributed by atoms with E-state index in [1.165, 1.54) is 38.5 Å². The highest BCUT2D eigenvalue weighted by Gasteiger charge is 2.51. The van der Waals surface area contributed by atoms with E-state index in [4.69, 9.17) is 0 Å². The Hall–Kier alpha value is -1.84. The Morgan fingerprint density at radius 2 is 1.48 bits per heavy atom. The lowest BCUT2D eigenvalue weighted by molar-refractivity contribution is -0.130. The molecule has 0 aliphatic heterocycles. The van der Waals surface area contributed by atoms with E-state index in [0.717, 1.165) is 17.8 Å². The van der Waals surface area contributed by atoms with Crippen molar-refractivity contribution in [2.45, 2.75) is 44.9 Å². The van der Waals surface area contributed by atoms with E-state index in [0.29, 0.717) is 12.0 Å². The first-order valence-electron chi connectivity index (χ1n) is 8.76. The molecule has 0 spiro atoms. The number of hydrogen-bond acceptors (Lipinski definition) is 2. The molecule has 4 saturated carbocycles. The zero-order chi connectivity index (χ0) is 15.9. The summed E-state index contributed by atoms with van der Waals surface area (Å²) in [6.07, 6.45) is 8.32. The topological polar surface area (TPSA) is 58.2 Å². The smallest absolute Gasteiger partial charge is 0.269 e. The zero-order valence-corrected chi connectivity index (χ0v) is 13.4. The fourth-order valence-electron chi connectivity index (χ4n) is 5.68. The Labute approximate surface area is 137 Å². The van der Waals surface area contributed by atoms with Crippen LogP contribution in [0.1, 0.15) is 55.3 Å². The quantitative estimate of drug-likeness (QED) is 0.843. The molecule has 2 amide bonds. The summed E-state index contributed by atoms with van der Waals surface area (Å²) < 4.78 is 0. The van der Waals surface area contributed by atoms with Gasteiger partial charge in [0.1, 0.15) is 0 Å². The molecule has 0 saturated heterocycles. The third kappa shape index (κ3) is 2.99. The van der Waals surface area contributed by atoms with Crippen LogP contribution in [0.5, 0.6) is 0 Å². The van der Waals surface area contributed by atoms with Crippen LogP contribution in [0.15, 0.2) is 30.3 Å². The molecule has 0 unspecified atom stereocenters. The molecule has 122 valence electrons. The highest BCUT2D eigenvalue weighted by molar-refractivity contribution is 5.95.